The molecule has 3 rings (SSSR count). The van der Waals surface area contributed by atoms with Crippen LogP contribution in [0.4, 0.5) is 0 Å². The molecule has 0 aliphatic carbocycles. The van der Waals surface area contributed by atoms with Crippen LogP contribution >= 0.6 is 7.28 Å². The molecule has 0 saturated carbocycles. The Labute approximate surface area is 243 Å². The summed E-state index contributed by atoms with van der Waals surface area (Å²) in [6, 6.07) is 22.8. The van der Waals surface area contributed by atoms with Gasteiger partial charge < -0.3 is 0 Å². The van der Waals surface area contributed by atoms with Crippen LogP contribution in [0.3, 0.4) is 0 Å². The van der Waals surface area contributed by atoms with Crippen molar-refractivity contribution < 1.29 is 14.7 Å². The monoisotopic (exact) mass is 564 g/mol. The minimum atomic E-state index is -5.34. The molecule has 0 fully saturated rings. The van der Waals surface area contributed by atoms with Gasteiger partial charge >= 0.3 is 230 Å². The fourth-order valence-corrected chi connectivity index (χ4v) is 7.56. The van der Waals surface area contributed by atoms with Crippen molar-refractivity contribution in [3.05, 3.63) is 83.9 Å². The van der Waals surface area contributed by atoms with Gasteiger partial charge in [-0.3, -0.25) is 0 Å². The topological polar surface area (TPSA) is 60.7 Å². The van der Waals surface area contributed by atoms with E-state index in [4.69, 9.17) is 0 Å². The van der Waals surface area contributed by atoms with Gasteiger partial charge in [-0.05, 0) is 0 Å². The molecule has 0 spiro atoms. The molecule has 0 heterocycles. The third-order valence-corrected chi connectivity index (χ3v) is 10.7. The van der Waals surface area contributed by atoms with E-state index in [0.29, 0.717) is 5.56 Å². The first-order valence-electron chi connectivity index (χ1n) is 15.9. The van der Waals surface area contributed by atoms with E-state index in [1.165, 1.54) is 77.0 Å². The molecule has 40 heavy (non-hydrogen) atoms. The molecule has 4 heteroatoms. The van der Waals surface area contributed by atoms with Crippen LogP contribution in [0, 0.1) is 0 Å². The molecule has 3 aromatic carbocycles. The summed E-state index contributed by atoms with van der Waals surface area (Å²) in [5.74, 6) is 0. The number of aryl methyl sites for hydroxylation is 2. The van der Waals surface area contributed by atoms with Gasteiger partial charge in [-0.1, -0.05) is 13.8 Å². The maximum absolute atomic E-state index is 11.6. The van der Waals surface area contributed by atoms with Crippen LogP contribution in [0.15, 0.2) is 72.8 Å². The Bertz CT molecular complexity index is 1120. The number of benzene rings is 3. The Kier molecular flexibility index (Phi) is 13.3. The molecule has 0 radical (unpaired) electrons. The van der Waals surface area contributed by atoms with Crippen molar-refractivity contribution >= 4 is 17.9 Å². The van der Waals surface area contributed by atoms with Crippen LogP contribution in [-0.4, -0.2) is 14.7 Å². The fraction of sp³-hybridized carbons (Fsp3) is 0.500. The molecule has 0 atom stereocenters. The van der Waals surface area contributed by atoms with E-state index in [0.717, 1.165) is 42.4 Å². The fourth-order valence-electron chi connectivity index (χ4n) is 5.60. The van der Waals surface area contributed by atoms with Crippen LogP contribution in [0.2, 0.25) is 0 Å². The third-order valence-electron chi connectivity index (χ3n) is 8.14. The van der Waals surface area contributed by atoms with Gasteiger partial charge in [-0.15, -0.1) is 0 Å². The number of hydrogen-bond acceptors (Lipinski definition) is 3. The van der Waals surface area contributed by atoms with Crippen molar-refractivity contribution in [1.82, 2.24) is 0 Å². The number of hydrogen-bond donors (Lipinski definition) is 3. The van der Waals surface area contributed by atoms with Gasteiger partial charge in [0.15, 0.2) is 0 Å². The Balaban J connectivity index is 1.73. The maximum atomic E-state index is 11.6. The molecule has 0 bridgehead atoms. The summed E-state index contributed by atoms with van der Waals surface area (Å²) in [5, 5.41) is 0.395. The molecule has 0 saturated heterocycles. The van der Waals surface area contributed by atoms with E-state index >= 15 is 0 Å². The normalized spacial score (nSPS) is 12.8. The van der Waals surface area contributed by atoms with E-state index < -0.39 is 7.28 Å². The predicted octanol–water partition coefficient (Wildman–Crippen LogP) is 9.17. The van der Waals surface area contributed by atoms with Gasteiger partial charge in [0.05, 0.1) is 0 Å². The SMILES string of the molecule is CCCCCCCCCc1ccc(P(O)(O)(O)c2ccc(CCCCCCCCC)cc2-c2ccccc2)cc1. The van der Waals surface area contributed by atoms with Crippen LogP contribution in [-0.2, 0) is 12.8 Å². The standard InChI is InChI=1S/C36H53O3P/c1-3-5-7-9-11-13-16-20-31-24-27-34(28-25-31)40(37,38,39)36-29-26-32(21-17-14-12-10-8-6-4-2)30-35(36)33-22-18-15-19-23-33/h15,18-19,22-30,37-39H,3-14,16-17,20-21H2,1-2H3. The van der Waals surface area contributed by atoms with Crippen molar-refractivity contribution in [2.45, 2.75) is 117 Å². The molecule has 0 aromatic heterocycles. The third kappa shape index (κ3) is 9.81. The summed E-state index contributed by atoms with van der Waals surface area (Å²) >= 11 is 0. The van der Waals surface area contributed by atoms with E-state index in [2.05, 4.69) is 13.8 Å². The van der Waals surface area contributed by atoms with Gasteiger partial charge in [-0.2, -0.15) is 0 Å². The molecule has 0 unspecified atom stereocenters. The van der Waals surface area contributed by atoms with Gasteiger partial charge in [0.1, 0.15) is 0 Å². The van der Waals surface area contributed by atoms with E-state index in [-0.39, 0.29) is 10.6 Å². The molecular weight excluding hydrogens is 511 g/mol. The first kappa shape index (κ1) is 32.5. The van der Waals surface area contributed by atoms with Crippen LogP contribution < -0.4 is 10.6 Å². The van der Waals surface area contributed by atoms with Gasteiger partial charge in [0, 0.05) is 0 Å². The second-order valence-corrected chi connectivity index (χ2v) is 14.6. The molecule has 0 amide bonds. The zero-order chi connectivity index (χ0) is 28.7. The van der Waals surface area contributed by atoms with Crippen molar-refractivity contribution in [3.63, 3.8) is 0 Å². The minimum absolute atomic E-state index is 0.186. The Morgan fingerprint density at radius 2 is 0.975 bits per heavy atom. The quantitative estimate of drug-likeness (QED) is 0.100. The van der Waals surface area contributed by atoms with Crippen LogP contribution in [0.1, 0.15) is 115 Å². The second kappa shape index (κ2) is 16.4. The molecule has 0 aliphatic rings. The van der Waals surface area contributed by atoms with Crippen molar-refractivity contribution in [3.8, 4) is 11.1 Å². The molecular formula is C36H53O3P. The Hall–Kier alpha value is -2.03. The summed E-state index contributed by atoms with van der Waals surface area (Å²) in [7, 11) is -5.34. The van der Waals surface area contributed by atoms with E-state index in [1.54, 1.807) is 18.2 Å². The first-order chi connectivity index (χ1) is 19.3. The molecule has 3 nitrogen and oxygen atoms in total. The van der Waals surface area contributed by atoms with Crippen LogP contribution in [0.5, 0.6) is 0 Å². The average Bonchev–Trinajstić information content (AvgIpc) is 2.96. The summed E-state index contributed by atoms with van der Waals surface area (Å²) < 4.78 is 0. The molecule has 3 N–H and O–H groups in total. The Morgan fingerprint density at radius 3 is 1.52 bits per heavy atom. The zero-order valence-corrected chi connectivity index (χ0v) is 25.9. The number of rotatable bonds is 19. The summed E-state index contributed by atoms with van der Waals surface area (Å²) in [4.78, 5) is 34.9. The summed E-state index contributed by atoms with van der Waals surface area (Å²) in [6.45, 7) is 4.49. The van der Waals surface area contributed by atoms with Crippen molar-refractivity contribution in [1.29, 1.82) is 0 Å². The summed E-state index contributed by atoms with van der Waals surface area (Å²) in [5.41, 5.74) is 3.89. The Morgan fingerprint density at radius 1 is 0.500 bits per heavy atom. The average molecular weight is 565 g/mol. The van der Waals surface area contributed by atoms with E-state index in [9.17, 15) is 14.7 Å². The molecule has 220 valence electrons. The van der Waals surface area contributed by atoms with Gasteiger partial charge in [0.25, 0.3) is 0 Å². The first-order valence-corrected chi connectivity index (χ1v) is 18.0. The van der Waals surface area contributed by atoms with E-state index in [1.807, 2.05) is 54.6 Å². The number of unbranched alkanes of at least 4 members (excludes halogenated alkanes) is 12. The molecule has 3 aromatic rings. The molecule has 0 aliphatic heterocycles. The zero-order valence-electron chi connectivity index (χ0n) is 25.0. The van der Waals surface area contributed by atoms with Crippen molar-refractivity contribution in [2.75, 3.05) is 0 Å². The van der Waals surface area contributed by atoms with Gasteiger partial charge in [0.2, 0.25) is 0 Å². The van der Waals surface area contributed by atoms with Crippen molar-refractivity contribution in [2.24, 2.45) is 0 Å². The second-order valence-electron chi connectivity index (χ2n) is 11.6. The van der Waals surface area contributed by atoms with Gasteiger partial charge in [-0.25, -0.2) is 0 Å². The van der Waals surface area contributed by atoms with Crippen LogP contribution in [0.25, 0.3) is 11.1 Å². The predicted molar refractivity (Wildman–Crippen MR) is 175 cm³/mol. The summed E-state index contributed by atoms with van der Waals surface area (Å²) in [6.07, 6.45) is 19.5.